The number of carbonyl (C=O) groups is 1. The lowest BCUT2D eigenvalue weighted by Gasteiger charge is -2.16. The van der Waals surface area contributed by atoms with Crippen molar-refractivity contribution in [3.8, 4) is 11.5 Å². The van der Waals surface area contributed by atoms with Crippen LogP contribution in [0.3, 0.4) is 0 Å². The van der Waals surface area contributed by atoms with Gasteiger partial charge in [0.1, 0.15) is 23.1 Å². The first kappa shape index (κ1) is 18.0. The Labute approximate surface area is 162 Å². The molecule has 0 radical (unpaired) electrons. The van der Waals surface area contributed by atoms with Gasteiger partial charge < -0.3 is 15.0 Å². The maximum absolute atomic E-state index is 12.9. The molecule has 142 valence electrons. The second kappa shape index (κ2) is 8.08. The highest BCUT2D eigenvalue weighted by Crippen LogP contribution is 2.23. The average Bonchev–Trinajstić information content (AvgIpc) is 3.26. The first-order chi connectivity index (χ1) is 13.7. The molecule has 0 saturated carbocycles. The second-order valence-corrected chi connectivity index (χ2v) is 6.63. The van der Waals surface area contributed by atoms with Crippen molar-refractivity contribution in [3.63, 3.8) is 0 Å². The molecule has 0 unspecified atom stereocenters. The molecule has 4 rings (SSSR count). The van der Waals surface area contributed by atoms with Crippen molar-refractivity contribution in [2.24, 2.45) is 0 Å². The molecule has 0 spiro atoms. The van der Waals surface area contributed by atoms with Crippen LogP contribution in [-0.4, -0.2) is 24.0 Å². The summed E-state index contributed by atoms with van der Waals surface area (Å²) in [6.45, 7) is 2.07. The topological polar surface area (TPSA) is 54.5 Å². The third-order valence-electron chi connectivity index (χ3n) is 4.60. The van der Waals surface area contributed by atoms with Crippen molar-refractivity contribution in [2.75, 3.05) is 23.3 Å². The van der Waals surface area contributed by atoms with Gasteiger partial charge in [-0.1, -0.05) is 0 Å². The highest BCUT2D eigenvalue weighted by atomic mass is 19.1. The average molecular weight is 377 g/mol. The number of rotatable bonds is 5. The summed E-state index contributed by atoms with van der Waals surface area (Å²) in [7, 11) is 0. The van der Waals surface area contributed by atoms with Crippen LogP contribution in [0.15, 0.2) is 66.9 Å². The van der Waals surface area contributed by atoms with E-state index >= 15 is 0 Å². The van der Waals surface area contributed by atoms with Crippen LogP contribution in [0.5, 0.6) is 11.5 Å². The zero-order chi connectivity index (χ0) is 19.3. The van der Waals surface area contributed by atoms with E-state index < -0.39 is 0 Å². The molecule has 0 bridgehead atoms. The van der Waals surface area contributed by atoms with Gasteiger partial charge in [-0.25, -0.2) is 9.37 Å². The van der Waals surface area contributed by atoms with E-state index in [1.807, 2.05) is 12.1 Å². The Morgan fingerprint density at radius 3 is 2.18 bits per heavy atom. The van der Waals surface area contributed by atoms with E-state index in [2.05, 4.69) is 15.2 Å². The minimum absolute atomic E-state index is 0.218. The monoisotopic (exact) mass is 377 g/mol. The van der Waals surface area contributed by atoms with Crippen molar-refractivity contribution >= 4 is 17.4 Å². The van der Waals surface area contributed by atoms with E-state index in [0.29, 0.717) is 22.7 Å². The SMILES string of the molecule is O=C(Nc1ccc(N2CCCC2)nc1)c1ccc(Oc2ccc(F)cc2)cc1. The molecule has 2 aromatic carbocycles. The minimum Gasteiger partial charge on any atom is -0.457 e. The number of carbonyl (C=O) groups excluding carboxylic acids is 1. The summed E-state index contributed by atoms with van der Waals surface area (Å²) in [4.78, 5) is 19.1. The van der Waals surface area contributed by atoms with Gasteiger partial charge in [0.2, 0.25) is 0 Å². The molecule has 0 aliphatic carbocycles. The van der Waals surface area contributed by atoms with E-state index in [4.69, 9.17) is 4.74 Å². The van der Waals surface area contributed by atoms with Crippen molar-refractivity contribution in [1.29, 1.82) is 0 Å². The zero-order valence-electron chi connectivity index (χ0n) is 15.3. The molecule has 1 aliphatic rings. The highest BCUT2D eigenvalue weighted by Gasteiger charge is 2.13. The number of ether oxygens (including phenoxy) is 1. The molecule has 1 aromatic heterocycles. The van der Waals surface area contributed by atoms with Gasteiger partial charge >= 0.3 is 0 Å². The summed E-state index contributed by atoms with van der Waals surface area (Å²) in [5.74, 6) is 1.51. The van der Waals surface area contributed by atoms with Crippen molar-refractivity contribution in [2.45, 2.75) is 12.8 Å². The van der Waals surface area contributed by atoms with Crippen LogP contribution < -0.4 is 15.0 Å². The van der Waals surface area contributed by atoms with Crippen LogP contribution in [0, 0.1) is 5.82 Å². The molecule has 1 fully saturated rings. The molecule has 1 aliphatic heterocycles. The summed E-state index contributed by atoms with van der Waals surface area (Å²) in [5.41, 5.74) is 1.16. The lowest BCUT2D eigenvalue weighted by molar-refractivity contribution is 0.102. The van der Waals surface area contributed by atoms with E-state index in [-0.39, 0.29) is 11.7 Å². The van der Waals surface area contributed by atoms with Crippen molar-refractivity contribution in [3.05, 3.63) is 78.2 Å². The Bertz CT molecular complexity index is 935. The summed E-state index contributed by atoms with van der Waals surface area (Å²) < 4.78 is 18.6. The number of amides is 1. The first-order valence-corrected chi connectivity index (χ1v) is 9.23. The molecule has 3 aromatic rings. The number of pyridine rings is 1. The molecular weight excluding hydrogens is 357 g/mol. The Hall–Kier alpha value is -3.41. The fourth-order valence-electron chi connectivity index (χ4n) is 3.11. The molecular formula is C22H20FN3O2. The summed E-state index contributed by atoms with van der Waals surface area (Å²) in [6.07, 6.45) is 4.07. The maximum Gasteiger partial charge on any atom is 0.255 e. The van der Waals surface area contributed by atoms with Gasteiger partial charge in [-0.15, -0.1) is 0 Å². The van der Waals surface area contributed by atoms with Crippen LogP contribution in [0.1, 0.15) is 23.2 Å². The molecule has 1 saturated heterocycles. The van der Waals surface area contributed by atoms with E-state index in [1.54, 1.807) is 42.6 Å². The lowest BCUT2D eigenvalue weighted by atomic mass is 10.2. The number of aromatic nitrogens is 1. The first-order valence-electron chi connectivity index (χ1n) is 9.23. The fourth-order valence-corrected chi connectivity index (χ4v) is 3.11. The highest BCUT2D eigenvalue weighted by molar-refractivity contribution is 6.04. The molecule has 5 nitrogen and oxygen atoms in total. The van der Waals surface area contributed by atoms with E-state index in [1.165, 1.54) is 25.0 Å². The molecule has 28 heavy (non-hydrogen) atoms. The van der Waals surface area contributed by atoms with E-state index in [0.717, 1.165) is 18.9 Å². The number of hydrogen-bond acceptors (Lipinski definition) is 4. The summed E-state index contributed by atoms with van der Waals surface area (Å²) in [5, 5.41) is 2.85. The number of halogens is 1. The normalized spacial score (nSPS) is 13.4. The van der Waals surface area contributed by atoms with Crippen molar-refractivity contribution in [1.82, 2.24) is 4.98 Å². The van der Waals surface area contributed by atoms with Gasteiger partial charge in [0.15, 0.2) is 0 Å². The fraction of sp³-hybridized carbons (Fsp3) is 0.182. The maximum atomic E-state index is 12.9. The van der Waals surface area contributed by atoms with Crippen LogP contribution in [0.2, 0.25) is 0 Å². The minimum atomic E-state index is -0.317. The molecule has 1 amide bonds. The number of hydrogen-bond donors (Lipinski definition) is 1. The third kappa shape index (κ3) is 4.28. The van der Waals surface area contributed by atoms with Crippen molar-refractivity contribution < 1.29 is 13.9 Å². The number of benzene rings is 2. The second-order valence-electron chi connectivity index (χ2n) is 6.63. The largest absolute Gasteiger partial charge is 0.457 e. The standard InChI is InChI=1S/C22H20FN3O2/c23-17-5-10-20(11-6-17)28-19-8-3-16(4-9-19)22(27)25-18-7-12-21(24-15-18)26-13-1-2-14-26/h3-12,15H,1-2,13-14H2,(H,25,27). The molecule has 6 heteroatoms. The predicted molar refractivity (Wildman–Crippen MR) is 107 cm³/mol. The van der Waals surface area contributed by atoms with Crippen LogP contribution in [0.4, 0.5) is 15.9 Å². The van der Waals surface area contributed by atoms with E-state index in [9.17, 15) is 9.18 Å². The predicted octanol–water partition coefficient (Wildman–Crippen LogP) is 4.87. The van der Waals surface area contributed by atoms with Crippen LogP contribution in [-0.2, 0) is 0 Å². The lowest BCUT2D eigenvalue weighted by Crippen LogP contribution is -2.19. The van der Waals surface area contributed by atoms with Gasteiger partial charge in [0.25, 0.3) is 5.91 Å². The van der Waals surface area contributed by atoms with Gasteiger partial charge in [0.05, 0.1) is 11.9 Å². The van der Waals surface area contributed by atoms with Crippen LogP contribution >= 0.6 is 0 Å². The summed E-state index contributed by atoms with van der Waals surface area (Å²) >= 11 is 0. The zero-order valence-corrected chi connectivity index (χ0v) is 15.3. The quantitative estimate of drug-likeness (QED) is 0.690. The molecule has 1 N–H and O–H groups in total. The Morgan fingerprint density at radius 1 is 0.929 bits per heavy atom. The summed E-state index contributed by atoms with van der Waals surface area (Å²) in [6, 6.07) is 16.3. The third-order valence-corrected chi connectivity index (χ3v) is 4.60. The Kier molecular flexibility index (Phi) is 5.19. The number of anilines is 2. The molecule has 2 heterocycles. The number of nitrogens with zero attached hydrogens (tertiary/aromatic N) is 2. The Morgan fingerprint density at radius 2 is 1.57 bits per heavy atom. The van der Waals surface area contributed by atoms with Crippen LogP contribution in [0.25, 0.3) is 0 Å². The van der Waals surface area contributed by atoms with Gasteiger partial charge in [-0.05, 0) is 73.5 Å². The van der Waals surface area contributed by atoms with Gasteiger partial charge in [-0.3, -0.25) is 4.79 Å². The molecule has 0 atom stereocenters. The van der Waals surface area contributed by atoms with Gasteiger partial charge in [-0.2, -0.15) is 0 Å². The smallest absolute Gasteiger partial charge is 0.255 e. The number of nitrogens with one attached hydrogen (secondary N) is 1. The van der Waals surface area contributed by atoms with Gasteiger partial charge in [0, 0.05) is 18.7 Å². The Balaban J connectivity index is 1.37.